The standard InChI is InChI=1S/C9H20N2O3S/c1-7(6-10)15(13)8(2)9(12)11-4-5-14-3/h7-8H,4-6,10H2,1-3H3,(H,11,12). The monoisotopic (exact) mass is 236 g/mol. The predicted molar refractivity (Wildman–Crippen MR) is 61.0 cm³/mol. The van der Waals surface area contributed by atoms with Crippen LogP contribution in [0.15, 0.2) is 0 Å². The van der Waals surface area contributed by atoms with Gasteiger partial charge < -0.3 is 15.8 Å². The molecule has 0 aliphatic rings. The number of carbonyl (C=O) groups is 1. The molecular weight excluding hydrogens is 216 g/mol. The van der Waals surface area contributed by atoms with Gasteiger partial charge in [-0.15, -0.1) is 0 Å². The average molecular weight is 236 g/mol. The van der Waals surface area contributed by atoms with Crippen molar-refractivity contribution in [2.75, 3.05) is 26.8 Å². The second kappa shape index (κ2) is 7.78. The molecule has 15 heavy (non-hydrogen) atoms. The maximum atomic E-state index is 11.7. The molecule has 5 nitrogen and oxygen atoms in total. The number of carbonyl (C=O) groups excluding carboxylic acids is 1. The van der Waals surface area contributed by atoms with Gasteiger partial charge in [-0.1, -0.05) is 0 Å². The van der Waals surface area contributed by atoms with E-state index in [2.05, 4.69) is 5.32 Å². The van der Waals surface area contributed by atoms with Gasteiger partial charge in [-0.3, -0.25) is 9.00 Å². The first kappa shape index (κ1) is 14.5. The highest BCUT2D eigenvalue weighted by molar-refractivity contribution is 7.87. The molecule has 0 aromatic heterocycles. The van der Waals surface area contributed by atoms with Crippen molar-refractivity contribution in [3.63, 3.8) is 0 Å². The molecule has 0 aromatic carbocycles. The van der Waals surface area contributed by atoms with Crippen LogP contribution in [0.1, 0.15) is 13.8 Å². The lowest BCUT2D eigenvalue weighted by atomic mass is 10.4. The number of hydrogen-bond donors (Lipinski definition) is 2. The molecule has 1 amide bonds. The van der Waals surface area contributed by atoms with Gasteiger partial charge in [-0.2, -0.15) is 0 Å². The third-order valence-corrected chi connectivity index (χ3v) is 3.95. The van der Waals surface area contributed by atoms with Crippen LogP contribution < -0.4 is 11.1 Å². The molecule has 0 saturated heterocycles. The number of rotatable bonds is 7. The lowest BCUT2D eigenvalue weighted by Gasteiger charge is -2.15. The van der Waals surface area contributed by atoms with Crippen molar-refractivity contribution in [1.29, 1.82) is 0 Å². The fourth-order valence-corrected chi connectivity index (χ4v) is 2.15. The van der Waals surface area contributed by atoms with Crippen LogP contribution in [0.25, 0.3) is 0 Å². The highest BCUT2D eigenvalue weighted by Crippen LogP contribution is 2.02. The summed E-state index contributed by atoms with van der Waals surface area (Å²) in [6, 6.07) is 0. The van der Waals surface area contributed by atoms with E-state index in [4.69, 9.17) is 10.5 Å². The zero-order valence-corrected chi connectivity index (χ0v) is 10.3. The SMILES string of the molecule is COCCNC(=O)C(C)S(=O)C(C)CN. The van der Waals surface area contributed by atoms with Crippen LogP contribution in [-0.4, -0.2) is 47.4 Å². The van der Waals surface area contributed by atoms with Crippen molar-refractivity contribution < 1.29 is 13.7 Å². The van der Waals surface area contributed by atoms with Gasteiger partial charge in [0.2, 0.25) is 5.91 Å². The summed E-state index contributed by atoms with van der Waals surface area (Å²) >= 11 is 0. The van der Waals surface area contributed by atoms with E-state index in [0.717, 1.165) is 0 Å². The highest BCUT2D eigenvalue weighted by Gasteiger charge is 2.23. The molecule has 0 saturated carbocycles. The van der Waals surface area contributed by atoms with Crippen molar-refractivity contribution in [3.8, 4) is 0 Å². The fraction of sp³-hybridized carbons (Fsp3) is 0.889. The van der Waals surface area contributed by atoms with Crippen LogP contribution in [0.3, 0.4) is 0 Å². The number of nitrogens with two attached hydrogens (primary N) is 1. The molecular formula is C9H20N2O3S. The molecule has 0 radical (unpaired) electrons. The molecule has 3 N–H and O–H groups in total. The Morgan fingerprint density at radius 1 is 1.53 bits per heavy atom. The van der Waals surface area contributed by atoms with Crippen molar-refractivity contribution in [2.24, 2.45) is 5.73 Å². The van der Waals surface area contributed by atoms with Crippen LogP contribution in [0.4, 0.5) is 0 Å². The molecule has 6 heteroatoms. The molecule has 0 aliphatic heterocycles. The van der Waals surface area contributed by atoms with Gasteiger partial charge in [0, 0.05) is 36.2 Å². The Labute approximate surface area is 93.2 Å². The molecule has 0 aliphatic carbocycles. The average Bonchev–Trinajstić information content (AvgIpc) is 2.26. The summed E-state index contributed by atoms with van der Waals surface area (Å²) in [5.41, 5.74) is 5.39. The summed E-state index contributed by atoms with van der Waals surface area (Å²) in [6.45, 7) is 4.63. The van der Waals surface area contributed by atoms with Crippen LogP contribution in [-0.2, 0) is 20.3 Å². The van der Waals surface area contributed by atoms with Gasteiger partial charge in [-0.05, 0) is 13.8 Å². The molecule has 0 fully saturated rings. The Balaban J connectivity index is 4.02. The molecule has 0 spiro atoms. The normalized spacial score (nSPS) is 16.8. The van der Waals surface area contributed by atoms with Crippen LogP contribution >= 0.6 is 0 Å². The summed E-state index contributed by atoms with van der Waals surface area (Å²) in [5, 5.41) is 1.96. The summed E-state index contributed by atoms with van der Waals surface area (Å²) in [6.07, 6.45) is 0. The van der Waals surface area contributed by atoms with E-state index in [-0.39, 0.29) is 11.2 Å². The summed E-state index contributed by atoms with van der Waals surface area (Å²) in [5.74, 6) is -0.217. The van der Waals surface area contributed by atoms with Gasteiger partial charge in [0.1, 0.15) is 5.25 Å². The Hall–Kier alpha value is -0.460. The first-order valence-electron chi connectivity index (χ1n) is 4.90. The zero-order valence-electron chi connectivity index (χ0n) is 9.49. The number of methoxy groups -OCH3 is 1. The van der Waals surface area contributed by atoms with E-state index < -0.39 is 16.0 Å². The topological polar surface area (TPSA) is 81.4 Å². The van der Waals surface area contributed by atoms with E-state index in [1.165, 1.54) is 0 Å². The maximum Gasteiger partial charge on any atom is 0.235 e. The summed E-state index contributed by atoms with van der Waals surface area (Å²) < 4.78 is 16.5. The van der Waals surface area contributed by atoms with Gasteiger partial charge >= 0.3 is 0 Å². The Morgan fingerprint density at radius 2 is 2.13 bits per heavy atom. The molecule has 0 bridgehead atoms. The molecule has 90 valence electrons. The largest absolute Gasteiger partial charge is 0.383 e. The molecule has 3 atom stereocenters. The predicted octanol–water partition coefficient (Wildman–Crippen LogP) is -0.767. The number of ether oxygens (including phenoxy) is 1. The summed E-state index contributed by atoms with van der Waals surface area (Å²) in [4.78, 5) is 11.5. The molecule has 0 aromatic rings. The van der Waals surface area contributed by atoms with Gasteiger partial charge in [-0.25, -0.2) is 0 Å². The lowest BCUT2D eigenvalue weighted by molar-refractivity contribution is -0.120. The van der Waals surface area contributed by atoms with E-state index in [1.54, 1.807) is 21.0 Å². The van der Waals surface area contributed by atoms with Gasteiger partial charge in [0.15, 0.2) is 0 Å². The van der Waals surface area contributed by atoms with E-state index in [1.807, 2.05) is 0 Å². The number of nitrogens with one attached hydrogen (secondary N) is 1. The minimum absolute atomic E-state index is 0.159. The number of amides is 1. The second-order valence-corrected chi connectivity index (χ2v) is 5.47. The Morgan fingerprint density at radius 3 is 2.60 bits per heavy atom. The number of hydrogen-bond acceptors (Lipinski definition) is 4. The van der Waals surface area contributed by atoms with Crippen molar-refractivity contribution >= 4 is 16.7 Å². The third kappa shape index (κ3) is 5.25. The van der Waals surface area contributed by atoms with E-state index >= 15 is 0 Å². The smallest absolute Gasteiger partial charge is 0.235 e. The maximum absolute atomic E-state index is 11.7. The van der Waals surface area contributed by atoms with E-state index in [9.17, 15) is 9.00 Å². The minimum atomic E-state index is -1.22. The Kier molecular flexibility index (Phi) is 7.54. The van der Waals surface area contributed by atoms with Gasteiger partial charge in [0.05, 0.1) is 6.61 Å². The highest BCUT2D eigenvalue weighted by atomic mass is 32.2. The van der Waals surface area contributed by atoms with Crippen LogP contribution in [0.2, 0.25) is 0 Å². The fourth-order valence-electron chi connectivity index (χ4n) is 0.969. The minimum Gasteiger partial charge on any atom is -0.383 e. The molecule has 0 rings (SSSR count). The molecule has 0 heterocycles. The van der Waals surface area contributed by atoms with Gasteiger partial charge in [0.25, 0.3) is 0 Å². The van der Waals surface area contributed by atoms with Crippen LogP contribution in [0, 0.1) is 0 Å². The van der Waals surface area contributed by atoms with Crippen LogP contribution in [0.5, 0.6) is 0 Å². The van der Waals surface area contributed by atoms with E-state index in [0.29, 0.717) is 19.7 Å². The third-order valence-electron chi connectivity index (χ3n) is 2.05. The van der Waals surface area contributed by atoms with Crippen molar-refractivity contribution in [2.45, 2.75) is 24.3 Å². The second-order valence-electron chi connectivity index (χ2n) is 3.30. The zero-order chi connectivity index (χ0) is 11.8. The summed E-state index contributed by atoms with van der Waals surface area (Å²) in [7, 11) is 0.337. The lowest BCUT2D eigenvalue weighted by Crippen LogP contribution is -2.40. The quantitative estimate of drug-likeness (QED) is 0.569. The first-order valence-corrected chi connectivity index (χ1v) is 6.18. The van der Waals surface area contributed by atoms with Crippen molar-refractivity contribution in [3.05, 3.63) is 0 Å². The Bertz CT molecular complexity index is 223. The molecule has 3 unspecified atom stereocenters. The van der Waals surface area contributed by atoms with Crippen molar-refractivity contribution in [1.82, 2.24) is 5.32 Å². The first-order chi connectivity index (χ1) is 7.04.